The molecule has 0 saturated carbocycles. The molecule has 154 valence electrons. The molecule has 0 heterocycles. The number of rotatable bonds is 8. The fraction of sp³-hybridized carbons (Fsp3) is 0.273. The van der Waals surface area contributed by atoms with Crippen LogP contribution >= 0.6 is 11.6 Å². The van der Waals surface area contributed by atoms with E-state index in [0.29, 0.717) is 23.7 Å². The Hall–Kier alpha value is -2.86. The van der Waals surface area contributed by atoms with Crippen molar-refractivity contribution in [2.45, 2.75) is 20.0 Å². The average Bonchev–Trinajstić information content (AvgIpc) is 2.67. The van der Waals surface area contributed by atoms with E-state index < -0.39 is 11.9 Å². The van der Waals surface area contributed by atoms with Crippen LogP contribution in [0.25, 0.3) is 6.08 Å². The molecule has 2 aromatic carbocycles. The molecule has 0 aliphatic carbocycles. The van der Waals surface area contributed by atoms with Crippen LogP contribution in [0.1, 0.15) is 29.8 Å². The van der Waals surface area contributed by atoms with Crippen molar-refractivity contribution in [2.24, 2.45) is 0 Å². The van der Waals surface area contributed by atoms with E-state index in [1.165, 1.54) is 23.1 Å². The third-order valence-corrected chi connectivity index (χ3v) is 4.30. The number of halogens is 2. The maximum absolute atomic E-state index is 13.1. The molecule has 0 unspecified atom stereocenters. The number of amides is 1. The van der Waals surface area contributed by atoms with Gasteiger partial charge in [-0.2, -0.15) is 0 Å². The van der Waals surface area contributed by atoms with Crippen molar-refractivity contribution in [3.8, 4) is 11.5 Å². The lowest BCUT2D eigenvalue weighted by molar-refractivity contribution is -0.135. The van der Waals surface area contributed by atoms with Gasteiger partial charge in [-0.15, -0.1) is 0 Å². The van der Waals surface area contributed by atoms with Crippen molar-refractivity contribution in [2.75, 3.05) is 20.7 Å². The van der Waals surface area contributed by atoms with Crippen LogP contribution in [0.2, 0.25) is 5.02 Å². The summed E-state index contributed by atoms with van der Waals surface area (Å²) in [5.41, 5.74) is 0.907. The van der Waals surface area contributed by atoms with Crippen molar-refractivity contribution in [3.05, 3.63) is 64.4 Å². The van der Waals surface area contributed by atoms with Crippen LogP contribution in [0.15, 0.2) is 42.5 Å². The highest BCUT2D eigenvalue weighted by Gasteiger charge is 2.18. The molecule has 7 heteroatoms. The number of ether oxygens (including phenoxy) is 2. The molecular weight excluding hydrogens is 397 g/mol. The van der Waals surface area contributed by atoms with Crippen LogP contribution in [-0.2, 0) is 4.79 Å². The Labute approximate surface area is 174 Å². The molecule has 0 aliphatic rings. The number of carbonyl (C=O) groups is 2. The molecule has 1 amide bonds. The fourth-order valence-electron chi connectivity index (χ4n) is 2.55. The molecule has 0 saturated heterocycles. The van der Waals surface area contributed by atoms with Crippen LogP contribution < -0.4 is 9.47 Å². The van der Waals surface area contributed by atoms with E-state index in [2.05, 4.69) is 0 Å². The highest BCUT2D eigenvalue weighted by Crippen LogP contribution is 2.30. The first-order chi connectivity index (χ1) is 13.7. The summed E-state index contributed by atoms with van der Waals surface area (Å²) in [6.45, 7) is 3.90. The maximum Gasteiger partial charge on any atom is 0.262 e. The standard InChI is InChI=1S/C22H23ClFNO4/c1-5-28-21-12-15(7-11-20(21)29-14(2)22(27)25(3)4)6-10-19(26)17-9-8-16(24)13-18(17)23/h6-14H,5H2,1-4H3/b10-6+/t14-/m0/s1. The number of hydrogen-bond acceptors (Lipinski definition) is 4. The normalized spacial score (nSPS) is 11.9. The summed E-state index contributed by atoms with van der Waals surface area (Å²) in [5, 5.41) is 0.0537. The minimum atomic E-state index is -0.673. The zero-order chi connectivity index (χ0) is 21.6. The first-order valence-electron chi connectivity index (χ1n) is 9.05. The smallest absolute Gasteiger partial charge is 0.262 e. The van der Waals surface area contributed by atoms with E-state index in [1.54, 1.807) is 45.3 Å². The molecular formula is C22H23ClFNO4. The molecule has 0 aromatic heterocycles. The largest absolute Gasteiger partial charge is 0.490 e. The van der Waals surface area contributed by atoms with Gasteiger partial charge in [0.25, 0.3) is 5.91 Å². The Kier molecular flexibility index (Phi) is 7.79. The number of nitrogens with zero attached hydrogens (tertiary/aromatic N) is 1. The highest BCUT2D eigenvalue weighted by molar-refractivity contribution is 6.34. The molecule has 2 rings (SSSR count). The van der Waals surface area contributed by atoms with Gasteiger partial charge in [0.15, 0.2) is 23.4 Å². The summed E-state index contributed by atoms with van der Waals surface area (Å²) in [6, 6.07) is 8.75. The third kappa shape index (κ3) is 6.06. The van der Waals surface area contributed by atoms with Crippen molar-refractivity contribution in [1.29, 1.82) is 0 Å². The summed E-state index contributed by atoms with van der Waals surface area (Å²) in [7, 11) is 3.31. The quantitative estimate of drug-likeness (QED) is 0.462. The zero-order valence-electron chi connectivity index (χ0n) is 16.7. The van der Waals surface area contributed by atoms with Crippen LogP contribution in [0.4, 0.5) is 4.39 Å². The Morgan fingerprint density at radius 2 is 1.90 bits per heavy atom. The number of benzene rings is 2. The van der Waals surface area contributed by atoms with Crippen molar-refractivity contribution in [3.63, 3.8) is 0 Å². The van der Waals surface area contributed by atoms with Crippen molar-refractivity contribution < 1.29 is 23.5 Å². The summed E-state index contributed by atoms with van der Waals surface area (Å²) >= 11 is 5.93. The van der Waals surface area contributed by atoms with Gasteiger partial charge < -0.3 is 14.4 Å². The second-order valence-corrected chi connectivity index (χ2v) is 6.86. The van der Waals surface area contributed by atoms with Gasteiger partial charge in [0.2, 0.25) is 0 Å². The molecule has 0 aliphatic heterocycles. The van der Waals surface area contributed by atoms with Crippen molar-refractivity contribution in [1.82, 2.24) is 4.90 Å². The number of allylic oxidation sites excluding steroid dienone is 1. The number of likely N-dealkylation sites (N-methyl/N-ethyl adjacent to an activating group) is 1. The molecule has 5 nitrogen and oxygen atoms in total. The number of carbonyl (C=O) groups excluding carboxylic acids is 2. The Bertz CT molecular complexity index is 927. The molecule has 0 N–H and O–H groups in total. The Morgan fingerprint density at radius 3 is 2.52 bits per heavy atom. The SMILES string of the molecule is CCOc1cc(/C=C/C(=O)c2ccc(F)cc2Cl)ccc1O[C@@H](C)C(=O)N(C)C. The van der Waals surface area contributed by atoms with Gasteiger partial charge in [0.1, 0.15) is 5.82 Å². The lowest BCUT2D eigenvalue weighted by atomic mass is 10.1. The summed E-state index contributed by atoms with van der Waals surface area (Å²) in [5.74, 6) is -0.133. The fourth-order valence-corrected chi connectivity index (χ4v) is 2.81. The molecule has 0 fully saturated rings. The van der Waals surface area contributed by atoms with Crippen LogP contribution in [-0.4, -0.2) is 43.4 Å². The highest BCUT2D eigenvalue weighted by atomic mass is 35.5. The number of ketones is 1. The van der Waals surface area contributed by atoms with Crippen LogP contribution in [0, 0.1) is 5.82 Å². The van der Waals surface area contributed by atoms with E-state index >= 15 is 0 Å². The summed E-state index contributed by atoms with van der Waals surface area (Å²) in [6.07, 6.45) is 2.28. The molecule has 0 radical (unpaired) electrons. The molecule has 1 atom stereocenters. The zero-order valence-corrected chi connectivity index (χ0v) is 17.5. The molecule has 0 spiro atoms. The van der Waals surface area contributed by atoms with Crippen LogP contribution in [0.5, 0.6) is 11.5 Å². The predicted molar refractivity (Wildman–Crippen MR) is 111 cm³/mol. The van der Waals surface area contributed by atoms with Gasteiger partial charge in [-0.1, -0.05) is 23.7 Å². The molecule has 29 heavy (non-hydrogen) atoms. The minimum Gasteiger partial charge on any atom is -0.490 e. The van der Waals surface area contributed by atoms with Gasteiger partial charge in [-0.05, 0) is 55.8 Å². The van der Waals surface area contributed by atoms with Crippen LogP contribution in [0.3, 0.4) is 0 Å². The Morgan fingerprint density at radius 1 is 1.17 bits per heavy atom. The summed E-state index contributed by atoms with van der Waals surface area (Å²) < 4.78 is 24.5. The third-order valence-electron chi connectivity index (χ3n) is 3.98. The monoisotopic (exact) mass is 419 g/mol. The second kappa shape index (κ2) is 10.1. The topological polar surface area (TPSA) is 55.8 Å². The predicted octanol–water partition coefficient (Wildman–Crippen LogP) is 4.63. The summed E-state index contributed by atoms with van der Waals surface area (Å²) in [4.78, 5) is 25.8. The number of hydrogen-bond donors (Lipinski definition) is 0. The average molecular weight is 420 g/mol. The van der Waals surface area contributed by atoms with E-state index in [4.69, 9.17) is 21.1 Å². The lowest BCUT2D eigenvalue weighted by Gasteiger charge is -2.20. The lowest BCUT2D eigenvalue weighted by Crippen LogP contribution is -2.35. The van der Waals surface area contributed by atoms with Crippen molar-refractivity contribution >= 4 is 29.4 Å². The van der Waals surface area contributed by atoms with Gasteiger partial charge in [-0.3, -0.25) is 9.59 Å². The first kappa shape index (κ1) is 22.4. The van der Waals surface area contributed by atoms with Gasteiger partial charge in [0, 0.05) is 19.7 Å². The minimum absolute atomic E-state index is 0.0537. The first-order valence-corrected chi connectivity index (χ1v) is 9.42. The van der Waals surface area contributed by atoms with Gasteiger partial charge >= 0.3 is 0 Å². The maximum atomic E-state index is 13.1. The van der Waals surface area contributed by atoms with E-state index in [9.17, 15) is 14.0 Å². The van der Waals surface area contributed by atoms with Gasteiger partial charge in [0.05, 0.1) is 11.6 Å². The van der Waals surface area contributed by atoms with E-state index in [0.717, 1.165) is 6.07 Å². The second-order valence-electron chi connectivity index (χ2n) is 6.45. The Balaban J connectivity index is 2.21. The van der Waals surface area contributed by atoms with E-state index in [-0.39, 0.29) is 22.3 Å². The van der Waals surface area contributed by atoms with E-state index in [1.807, 2.05) is 6.92 Å². The molecule has 2 aromatic rings. The molecule has 0 bridgehead atoms. The van der Waals surface area contributed by atoms with Gasteiger partial charge in [-0.25, -0.2) is 4.39 Å².